The molecule has 0 aliphatic rings. The lowest BCUT2D eigenvalue weighted by molar-refractivity contribution is 1.17. The van der Waals surface area contributed by atoms with Crippen molar-refractivity contribution in [3.8, 4) is 0 Å². The van der Waals surface area contributed by atoms with E-state index in [9.17, 15) is 0 Å². The van der Waals surface area contributed by atoms with Crippen LogP contribution < -0.4 is 11.1 Å². The number of nitrogen functional groups attached to an aromatic ring is 1. The third-order valence-electron chi connectivity index (χ3n) is 2.03. The summed E-state index contributed by atoms with van der Waals surface area (Å²) in [7, 11) is 0. The predicted octanol–water partition coefficient (Wildman–Crippen LogP) is 4.53. The highest BCUT2D eigenvalue weighted by molar-refractivity contribution is 9.10. The SMILES string of the molecule is Nc1ncc(Br)c(Nc2cc(Cl)c(Cl)cc2Cl)n1. The molecule has 0 amide bonds. The molecule has 0 saturated carbocycles. The second kappa shape index (κ2) is 5.48. The van der Waals surface area contributed by atoms with Gasteiger partial charge in [-0.15, -0.1) is 0 Å². The molecule has 1 aromatic heterocycles. The molecule has 0 aliphatic carbocycles. The Hall–Kier alpha value is -0.750. The zero-order valence-corrected chi connectivity index (χ0v) is 12.6. The Kier molecular flexibility index (Phi) is 4.17. The van der Waals surface area contributed by atoms with Gasteiger partial charge < -0.3 is 11.1 Å². The van der Waals surface area contributed by atoms with Crippen LogP contribution in [-0.4, -0.2) is 9.97 Å². The maximum Gasteiger partial charge on any atom is 0.222 e. The van der Waals surface area contributed by atoms with Crippen LogP contribution >= 0.6 is 50.7 Å². The van der Waals surface area contributed by atoms with E-state index in [1.165, 1.54) is 6.20 Å². The van der Waals surface area contributed by atoms with Crippen molar-refractivity contribution in [3.05, 3.63) is 37.9 Å². The molecule has 18 heavy (non-hydrogen) atoms. The summed E-state index contributed by atoms with van der Waals surface area (Å²) in [5.41, 5.74) is 6.08. The molecule has 2 rings (SSSR count). The highest BCUT2D eigenvalue weighted by atomic mass is 79.9. The molecule has 0 fully saturated rings. The normalized spacial score (nSPS) is 10.4. The highest BCUT2D eigenvalue weighted by Gasteiger charge is 2.09. The van der Waals surface area contributed by atoms with Crippen molar-refractivity contribution in [3.63, 3.8) is 0 Å². The summed E-state index contributed by atoms with van der Waals surface area (Å²) in [6, 6.07) is 3.16. The Morgan fingerprint density at radius 2 is 1.78 bits per heavy atom. The van der Waals surface area contributed by atoms with Crippen LogP contribution in [0.3, 0.4) is 0 Å². The van der Waals surface area contributed by atoms with Crippen LogP contribution in [0.1, 0.15) is 0 Å². The van der Waals surface area contributed by atoms with Gasteiger partial charge in [-0.2, -0.15) is 4.98 Å². The molecular formula is C10H6BrCl3N4. The molecule has 0 aliphatic heterocycles. The second-order valence-electron chi connectivity index (χ2n) is 3.30. The third kappa shape index (κ3) is 2.98. The van der Waals surface area contributed by atoms with Crippen molar-refractivity contribution in [2.45, 2.75) is 0 Å². The van der Waals surface area contributed by atoms with Crippen molar-refractivity contribution in [2.24, 2.45) is 0 Å². The van der Waals surface area contributed by atoms with Crippen LogP contribution in [0.25, 0.3) is 0 Å². The van der Waals surface area contributed by atoms with Crippen molar-refractivity contribution in [2.75, 3.05) is 11.1 Å². The van der Waals surface area contributed by atoms with E-state index in [-0.39, 0.29) is 5.95 Å². The van der Waals surface area contributed by atoms with Gasteiger partial charge in [0.25, 0.3) is 0 Å². The van der Waals surface area contributed by atoms with Crippen LogP contribution in [0.5, 0.6) is 0 Å². The van der Waals surface area contributed by atoms with Gasteiger partial charge in [0.15, 0.2) is 0 Å². The maximum absolute atomic E-state index is 6.05. The monoisotopic (exact) mass is 366 g/mol. The molecule has 1 aromatic carbocycles. The quantitative estimate of drug-likeness (QED) is 0.765. The summed E-state index contributed by atoms with van der Waals surface area (Å²) < 4.78 is 0.652. The minimum atomic E-state index is 0.150. The summed E-state index contributed by atoms with van der Waals surface area (Å²) >= 11 is 21.1. The maximum atomic E-state index is 6.05. The van der Waals surface area contributed by atoms with Crippen molar-refractivity contribution < 1.29 is 0 Å². The number of benzene rings is 1. The first-order valence-corrected chi connectivity index (χ1v) is 6.59. The van der Waals surface area contributed by atoms with E-state index in [1.54, 1.807) is 12.1 Å². The molecule has 0 unspecified atom stereocenters. The number of hydrogen-bond acceptors (Lipinski definition) is 4. The average molecular weight is 368 g/mol. The Bertz CT molecular complexity index is 606. The summed E-state index contributed by atoms with van der Waals surface area (Å²) in [4.78, 5) is 7.87. The number of nitrogens with zero attached hydrogens (tertiary/aromatic N) is 2. The topological polar surface area (TPSA) is 63.8 Å². The van der Waals surface area contributed by atoms with Crippen LogP contribution in [0.15, 0.2) is 22.8 Å². The zero-order chi connectivity index (χ0) is 13.3. The smallest absolute Gasteiger partial charge is 0.222 e. The van der Waals surface area contributed by atoms with Gasteiger partial charge in [0.2, 0.25) is 5.95 Å². The van der Waals surface area contributed by atoms with Crippen LogP contribution in [0.2, 0.25) is 15.1 Å². The predicted molar refractivity (Wildman–Crippen MR) is 78.9 cm³/mol. The molecule has 2 aromatic rings. The van der Waals surface area contributed by atoms with Crippen molar-refractivity contribution in [1.82, 2.24) is 9.97 Å². The molecule has 4 nitrogen and oxygen atoms in total. The van der Waals surface area contributed by atoms with Gasteiger partial charge in [-0.1, -0.05) is 34.8 Å². The fourth-order valence-corrected chi connectivity index (χ4v) is 2.10. The Morgan fingerprint density at radius 3 is 2.50 bits per heavy atom. The Balaban J connectivity index is 2.40. The Labute approximate surface area is 127 Å². The lowest BCUT2D eigenvalue weighted by Crippen LogP contribution is -2.01. The number of hydrogen-bond donors (Lipinski definition) is 2. The summed E-state index contributed by atoms with van der Waals surface area (Å²) in [6.45, 7) is 0. The molecule has 3 N–H and O–H groups in total. The van der Waals surface area contributed by atoms with E-state index in [4.69, 9.17) is 40.5 Å². The first-order chi connectivity index (χ1) is 8.47. The average Bonchev–Trinajstić information content (AvgIpc) is 2.30. The second-order valence-corrected chi connectivity index (χ2v) is 5.37. The summed E-state index contributed by atoms with van der Waals surface area (Å²) in [5, 5.41) is 4.19. The Morgan fingerprint density at radius 1 is 1.11 bits per heavy atom. The summed E-state index contributed by atoms with van der Waals surface area (Å²) in [6.07, 6.45) is 1.54. The van der Waals surface area contributed by atoms with E-state index >= 15 is 0 Å². The fraction of sp³-hybridized carbons (Fsp3) is 0. The minimum absolute atomic E-state index is 0.150. The number of halogens is 4. The molecule has 1 heterocycles. The number of rotatable bonds is 2. The molecule has 8 heteroatoms. The van der Waals surface area contributed by atoms with E-state index < -0.39 is 0 Å². The van der Waals surface area contributed by atoms with Gasteiger partial charge in [0.1, 0.15) is 5.82 Å². The zero-order valence-electron chi connectivity index (χ0n) is 8.72. The molecule has 0 bridgehead atoms. The highest BCUT2D eigenvalue weighted by Crippen LogP contribution is 2.34. The molecule has 0 radical (unpaired) electrons. The van der Waals surface area contributed by atoms with E-state index in [2.05, 4.69) is 31.2 Å². The van der Waals surface area contributed by atoms with Crippen molar-refractivity contribution >= 4 is 68.2 Å². The fourth-order valence-electron chi connectivity index (χ4n) is 1.21. The third-order valence-corrected chi connectivity index (χ3v) is 3.64. The lowest BCUT2D eigenvalue weighted by Gasteiger charge is -2.10. The lowest BCUT2D eigenvalue weighted by atomic mass is 10.3. The molecule has 0 saturated heterocycles. The van der Waals surface area contributed by atoms with E-state index in [0.29, 0.717) is 31.0 Å². The largest absolute Gasteiger partial charge is 0.368 e. The van der Waals surface area contributed by atoms with Gasteiger partial charge in [-0.25, -0.2) is 4.98 Å². The molecule has 94 valence electrons. The number of anilines is 3. The van der Waals surface area contributed by atoms with Crippen LogP contribution in [0, 0.1) is 0 Å². The van der Waals surface area contributed by atoms with E-state index in [1.807, 2.05) is 0 Å². The van der Waals surface area contributed by atoms with Gasteiger partial charge in [0, 0.05) is 6.20 Å². The number of nitrogens with two attached hydrogens (primary N) is 1. The van der Waals surface area contributed by atoms with Gasteiger partial charge in [0.05, 0.1) is 25.2 Å². The van der Waals surface area contributed by atoms with Crippen LogP contribution in [0.4, 0.5) is 17.5 Å². The van der Waals surface area contributed by atoms with E-state index in [0.717, 1.165) is 0 Å². The standard InChI is InChI=1S/C10H6BrCl3N4/c11-4-3-16-10(15)18-9(4)17-8-2-6(13)5(12)1-7(8)14/h1-3H,(H3,15,16,17,18). The van der Waals surface area contributed by atoms with Gasteiger partial charge in [-0.05, 0) is 28.1 Å². The first-order valence-electron chi connectivity index (χ1n) is 4.67. The van der Waals surface area contributed by atoms with Gasteiger partial charge >= 0.3 is 0 Å². The molecule has 0 atom stereocenters. The number of nitrogens with one attached hydrogen (secondary N) is 1. The van der Waals surface area contributed by atoms with Crippen LogP contribution in [-0.2, 0) is 0 Å². The number of aromatic nitrogens is 2. The van der Waals surface area contributed by atoms with Gasteiger partial charge in [-0.3, -0.25) is 0 Å². The minimum Gasteiger partial charge on any atom is -0.368 e. The first kappa shape index (κ1) is 13.7. The summed E-state index contributed by atoms with van der Waals surface area (Å²) in [5.74, 6) is 0.639. The molecular weight excluding hydrogens is 362 g/mol. The van der Waals surface area contributed by atoms with Crippen molar-refractivity contribution in [1.29, 1.82) is 0 Å². The molecule has 0 spiro atoms.